The fourth-order valence-corrected chi connectivity index (χ4v) is 4.34. The summed E-state index contributed by atoms with van der Waals surface area (Å²) in [6.45, 7) is 0. The minimum atomic E-state index is -0.409. The first kappa shape index (κ1) is 19.1. The van der Waals surface area contributed by atoms with Crippen molar-refractivity contribution in [3.8, 4) is 22.0 Å². The van der Waals surface area contributed by atoms with E-state index in [2.05, 4.69) is 25.8 Å². The lowest BCUT2D eigenvalue weighted by atomic mass is 10.2. The highest BCUT2D eigenvalue weighted by Gasteiger charge is 2.21. The van der Waals surface area contributed by atoms with Crippen molar-refractivity contribution in [1.82, 2.24) is 25.2 Å². The monoisotopic (exact) mass is 446 g/mol. The Bertz CT molecular complexity index is 1320. The summed E-state index contributed by atoms with van der Waals surface area (Å²) in [5, 5.41) is 19.2. The van der Waals surface area contributed by atoms with Crippen LogP contribution >= 0.6 is 22.7 Å². The van der Waals surface area contributed by atoms with Crippen molar-refractivity contribution in [3.63, 3.8) is 0 Å². The van der Waals surface area contributed by atoms with Crippen LogP contribution in [0, 0.1) is 0 Å². The van der Waals surface area contributed by atoms with Gasteiger partial charge in [-0.3, -0.25) is 10.1 Å². The van der Waals surface area contributed by atoms with E-state index in [1.807, 2.05) is 53.2 Å². The smallest absolute Gasteiger partial charge is 0.276 e. The number of carbonyl (C=O) groups excluding carboxylic acids is 1. The van der Waals surface area contributed by atoms with E-state index < -0.39 is 5.91 Å². The predicted molar refractivity (Wildman–Crippen MR) is 120 cm³/mol. The molecule has 0 aliphatic heterocycles. The van der Waals surface area contributed by atoms with E-state index in [0.29, 0.717) is 16.7 Å². The number of hydrogen-bond acceptors (Lipinski definition) is 8. The number of aromatic nitrogens is 5. The third-order valence-electron chi connectivity index (χ3n) is 4.28. The molecule has 0 unspecified atom stereocenters. The maximum absolute atomic E-state index is 13.2. The molecule has 5 rings (SSSR count). The SMILES string of the molecule is O=C(Nc1nc(-c2cccs2)cs1)/C(=C\c1ccco1)n1nnnc1-c1ccccc1. The first-order chi connectivity index (χ1) is 15.3. The molecule has 152 valence electrons. The van der Waals surface area contributed by atoms with Crippen LogP contribution in [0.5, 0.6) is 0 Å². The van der Waals surface area contributed by atoms with Gasteiger partial charge in [0, 0.05) is 17.0 Å². The first-order valence-electron chi connectivity index (χ1n) is 9.18. The minimum Gasteiger partial charge on any atom is -0.465 e. The summed E-state index contributed by atoms with van der Waals surface area (Å²) in [5.41, 5.74) is 1.80. The lowest BCUT2D eigenvalue weighted by molar-refractivity contribution is -0.111. The van der Waals surface area contributed by atoms with Gasteiger partial charge in [0.15, 0.2) is 11.0 Å². The summed E-state index contributed by atoms with van der Waals surface area (Å²) in [6.07, 6.45) is 3.12. The van der Waals surface area contributed by atoms with E-state index >= 15 is 0 Å². The highest BCUT2D eigenvalue weighted by Crippen LogP contribution is 2.29. The van der Waals surface area contributed by atoms with Crippen LogP contribution in [0.4, 0.5) is 5.13 Å². The van der Waals surface area contributed by atoms with Crippen molar-refractivity contribution in [3.05, 3.63) is 77.4 Å². The summed E-state index contributed by atoms with van der Waals surface area (Å²) in [7, 11) is 0. The van der Waals surface area contributed by atoms with Gasteiger partial charge in [0.25, 0.3) is 5.91 Å². The van der Waals surface area contributed by atoms with Crippen LogP contribution in [-0.4, -0.2) is 31.1 Å². The number of amides is 1. The Kier molecular flexibility index (Phi) is 5.21. The van der Waals surface area contributed by atoms with Gasteiger partial charge in [-0.25, -0.2) is 4.98 Å². The molecule has 0 spiro atoms. The quantitative estimate of drug-likeness (QED) is 0.378. The number of nitrogens with one attached hydrogen (secondary N) is 1. The lowest BCUT2D eigenvalue weighted by Gasteiger charge is -2.09. The van der Waals surface area contributed by atoms with Crippen LogP contribution in [0.1, 0.15) is 5.76 Å². The van der Waals surface area contributed by atoms with Gasteiger partial charge in [-0.1, -0.05) is 36.4 Å². The van der Waals surface area contributed by atoms with Gasteiger partial charge in [-0.15, -0.1) is 27.8 Å². The number of thiophene rings is 1. The van der Waals surface area contributed by atoms with Crippen LogP contribution in [0.25, 0.3) is 33.7 Å². The van der Waals surface area contributed by atoms with Crippen LogP contribution in [0.3, 0.4) is 0 Å². The van der Waals surface area contributed by atoms with Crippen molar-refractivity contribution in [2.45, 2.75) is 0 Å². The molecule has 1 N–H and O–H groups in total. The van der Waals surface area contributed by atoms with E-state index in [1.54, 1.807) is 29.5 Å². The summed E-state index contributed by atoms with van der Waals surface area (Å²) in [6, 6.07) is 16.9. The van der Waals surface area contributed by atoms with E-state index in [9.17, 15) is 4.79 Å². The van der Waals surface area contributed by atoms with Crippen LogP contribution < -0.4 is 5.32 Å². The molecule has 5 aromatic rings. The van der Waals surface area contributed by atoms with E-state index in [0.717, 1.165) is 16.1 Å². The number of thiazole rings is 1. The lowest BCUT2D eigenvalue weighted by Crippen LogP contribution is -2.19. The van der Waals surface area contributed by atoms with Gasteiger partial charge in [0.2, 0.25) is 0 Å². The number of benzene rings is 1. The average molecular weight is 447 g/mol. The summed E-state index contributed by atoms with van der Waals surface area (Å²) in [4.78, 5) is 18.8. The standard InChI is InChI=1S/C21H14N6O2S2/c28-20(23-21-22-16(13-31-21)18-9-5-11-30-18)17(12-15-8-4-10-29-15)27-19(24-25-26-27)14-6-2-1-3-7-14/h1-13H,(H,22,23,28)/b17-12+. The molecule has 0 fully saturated rings. The Morgan fingerprint density at radius 2 is 1.97 bits per heavy atom. The predicted octanol–water partition coefficient (Wildman–Crippen LogP) is 4.75. The van der Waals surface area contributed by atoms with Crippen LogP contribution in [0.15, 0.2) is 76.0 Å². The Balaban J connectivity index is 1.50. The van der Waals surface area contributed by atoms with Gasteiger partial charge in [-0.05, 0) is 34.0 Å². The highest BCUT2D eigenvalue weighted by molar-refractivity contribution is 7.16. The number of carbonyl (C=O) groups is 1. The zero-order valence-electron chi connectivity index (χ0n) is 15.9. The normalized spacial score (nSPS) is 11.5. The van der Waals surface area contributed by atoms with Crippen molar-refractivity contribution >= 4 is 45.5 Å². The number of hydrogen-bond donors (Lipinski definition) is 1. The molecule has 4 aromatic heterocycles. The number of anilines is 1. The molecular weight excluding hydrogens is 432 g/mol. The Hall–Kier alpha value is -3.89. The maximum Gasteiger partial charge on any atom is 0.276 e. The summed E-state index contributed by atoms with van der Waals surface area (Å²) >= 11 is 2.94. The van der Waals surface area contributed by atoms with Crippen molar-refractivity contribution < 1.29 is 9.21 Å². The molecule has 1 amide bonds. The number of furan rings is 1. The largest absolute Gasteiger partial charge is 0.465 e. The fraction of sp³-hybridized carbons (Fsp3) is 0. The van der Waals surface area contributed by atoms with E-state index in [4.69, 9.17) is 4.42 Å². The van der Waals surface area contributed by atoms with Gasteiger partial charge in [-0.2, -0.15) is 4.68 Å². The molecular formula is C21H14N6O2S2. The molecule has 0 aliphatic rings. The maximum atomic E-state index is 13.2. The molecule has 1 aromatic carbocycles. The van der Waals surface area contributed by atoms with Crippen LogP contribution in [-0.2, 0) is 4.79 Å². The summed E-state index contributed by atoms with van der Waals surface area (Å²) in [5.74, 6) is 0.526. The zero-order chi connectivity index (χ0) is 21.0. The topological polar surface area (TPSA) is 98.7 Å². The molecule has 4 heterocycles. The van der Waals surface area contributed by atoms with E-state index in [-0.39, 0.29) is 5.70 Å². The molecule has 0 aliphatic carbocycles. The zero-order valence-corrected chi connectivity index (χ0v) is 17.5. The third-order valence-corrected chi connectivity index (χ3v) is 5.93. The van der Waals surface area contributed by atoms with Crippen LogP contribution in [0.2, 0.25) is 0 Å². The molecule has 0 atom stereocenters. The number of tetrazole rings is 1. The van der Waals surface area contributed by atoms with Gasteiger partial charge in [0.1, 0.15) is 11.5 Å². The van der Waals surface area contributed by atoms with Gasteiger partial charge in [0.05, 0.1) is 16.8 Å². The molecule has 0 radical (unpaired) electrons. The Morgan fingerprint density at radius 1 is 1.06 bits per heavy atom. The third kappa shape index (κ3) is 4.06. The second-order valence-electron chi connectivity index (χ2n) is 6.29. The second-order valence-corrected chi connectivity index (χ2v) is 8.10. The molecule has 0 bridgehead atoms. The van der Waals surface area contributed by atoms with Gasteiger partial charge < -0.3 is 4.42 Å². The second kappa shape index (κ2) is 8.46. The Labute approximate surface area is 184 Å². The molecule has 8 nitrogen and oxygen atoms in total. The average Bonchev–Trinajstić information content (AvgIpc) is 3.60. The van der Waals surface area contributed by atoms with Crippen molar-refractivity contribution in [2.75, 3.05) is 5.32 Å². The molecule has 0 saturated carbocycles. The Morgan fingerprint density at radius 3 is 2.74 bits per heavy atom. The van der Waals surface area contributed by atoms with E-state index in [1.165, 1.54) is 22.3 Å². The number of nitrogens with zero attached hydrogens (tertiary/aromatic N) is 5. The number of rotatable bonds is 6. The minimum absolute atomic E-state index is 0.201. The molecule has 31 heavy (non-hydrogen) atoms. The fourth-order valence-electron chi connectivity index (χ4n) is 2.88. The van der Waals surface area contributed by atoms with Gasteiger partial charge >= 0.3 is 0 Å². The molecule has 10 heteroatoms. The summed E-state index contributed by atoms with van der Waals surface area (Å²) < 4.78 is 6.80. The highest BCUT2D eigenvalue weighted by atomic mass is 32.1. The molecule has 0 saturated heterocycles. The van der Waals surface area contributed by atoms with Crippen molar-refractivity contribution in [1.29, 1.82) is 0 Å². The van der Waals surface area contributed by atoms with Crippen molar-refractivity contribution in [2.24, 2.45) is 0 Å². The first-order valence-corrected chi connectivity index (χ1v) is 10.9.